The van der Waals surface area contributed by atoms with Crippen molar-refractivity contribution in [3.63, 3.8) is 0 Å². The first kappa shape index (κ1) is 23.1. The minimum absolute atomic E-state index is 0.0186. The predicted molar refractivity (Wildman–Crippen MR) is 123 cm³/mol. The van der Waals surface area contributed by atoms with Crippen LogP contribution >= 0.6 is 0 Å². The van der Waals surface area contributed by atoms with Crippen LogP contribution in [0, 0.1) is 0 Å². The molecule has 0 N–H and O–H groups in total. The molecule has 3 saturated heterocycles. The van der Waals surface area contributed by atoms with Crippen LogP contribution in [0.15, 0.2) is 43.0 Å². The number of fused-ring (bicyclic) bond motifs is 1. The maximum Gasteiger partial charge on any atom is 0.192 e. The average Bonchev–Trinajstić information content (AvgIpc) is 3.37. The molecule has 0 amide bonds. The summed E-state index contributed by atoms with van der Waals surface area (Å²) in [4.78, 5) is 0. The molecule has 31 heavy (non-hydrogen) atoms. The molecule has 3 aliphatic heterocycles. The van der Waals surface area contributed by atoms with E-state index < -0.39 is 8.32 Å². The van der Waals surface area contributed by atoms with Crippen LogP contribution in [0.2, 0.25) is 18.1 Å². The van der Waals surface area contributed by atoms with Gasteiger partial charge >= 0.3 is 0 Å². The minimum atomic E-state index is -1.97. The van der Waals surface area contributed by atoms with Gasteiger partial charge in [-0.25, -0.2) is 0 Å². The molecule has 0 spiro atoms. The molecule has 3 heterocycles. The Morgan fingerprint density at radius 1 is 1.16 bits per heavy atom. The summed E-state index contributed by atoms with van der Waals surface area (Å²) in [5, 5.41) is 0.128. The van der Waals surface area contributed by atoms with E-state index in [-0.39, 0.29) is 47.4 Å². The zero-order chi connectivity index (χ0) is 22.4. The Balaban J connectivity index is 1.50. The fourth-order valence-electron chi connectivity index (χ4n) is 4.22. The fourth-order valence-corrected chi connectivity index (χ4v) is 5.58. The summed E-state index contributed by atoms with van der Waals surface area (Å²) in [7, 11) is -1.97. The molecule has 0 bridgehead atoms. The second kappa shape index (κ2) is 8.40. The molecule has 1 aromatic rings. The summed E-state index contributed by atoms with van der Waals surface area (Å²) in [6.45, 7) is 17.9. The van der Waals surface area contributed by atoms with E-state index >= 15 is 0 Å². The number of rotatable bonds is 6. The van der Waals surface area contributed by atoms with E-state index in [0.717, 1.165) is 18.4 Å². The van der Waals surface area contributed by atoms with Crippen molar-refractivity contribution < 1.29 is 23.4 Å². The number of hydrogen-bond donors (Lipinski definition) is 0. The van der Waals surface area contributed by atoms with Crippen LogP contribution in [0.25, 0.3) is 0 Å². The molecule has 0 saturated carbocycles. The molecular formula is C25H38O5Si. The van der Waals surface area contributed by atoms with Crippen LogP contribution in [0.4, 0.5) is 0 Å². The Morgan fingerprint density at radius 3 is 2.48 bits per heavy atom. The van der Waals surface area contributed by atoms with E-state index in [1.54, 1.807) is 0 Å². The highest BCUT2D eigenvalue weighted by Crippen LogP contribution is 2.45. The van der Waals surface area contributed by atoms with E-state index in [1.807, 2.05) is 36.4 Å². The summed E-state index contributed by atoms with van der Waals surface area (Å²) in [5.41, 5.74) is 0.790. The highest BCUT2D eigenvalue weighted by molar-refractivity contribution is 6.74. The van der Waals surface area contributed by atoms with Crippen molar-refractivity contribution in [2.45, 2.75) is 101 Å². The Labute approximate surface area is 188 Å². The maximum absolute atomic E-state index is 6.89. The first-order chi connectivity index (χ1) is 14.5. The van der Waals surface area contributed by atoms with Crippen LogP contribution in [-0.4, -0.2) is 51.0 Å². The van der Waals surface area contributed by atoms with Crippen molar-refractivity contribution in [1.29, 1.82) is 0 Å². The molecule has 0 aromatic heterocycles. The van der Waals surface area contributed by atoms with Crippen LogP contribution in [0.5, 0.6) is 0 Å². The van der Waals surface area contributed by atoms with Gasteiger partial charge in [0.1, 0.15) is 11.7 Å². The molecule has 7 atom stereocenters. The maximum atomic E-state index is 6.89. The fraction of sp³-hybridized carbons (Fsp3) is 0.680. The van der Waals surface area contributed by atoms with Gasteiger partial charge in [-0.15, -0.1) is 6.58 Å². The van der Waals surface area contributed by atoms with Gasteiger partial charge in [0.15, 0.2) is 14.6 Å². The van der Waals surface area contributed by atoms with Gasteiger partial charge in [0.25, 0.3) is 0 Å². The number of hydrogen-bond acceptors (Lipinski definition) is 5. The highest BCUT2D eigenvalue weighted by Gasteiger charge is 2.54. The topological polar surface area (TPSA) is 49.5 Å². The molecule has 3 fully saturated rings. The molecule has 0 aliphatic carbocycles. The van der Waals surface area contributed by atoms with Gasteiger partial charge in [-0.2, -0.15) is 0 Å². The standard InChI is InChI=1S/C25H38O5Si/c1-8-25(5)22(29-25)15-19-20(30-31(6,7)24(2,3)4)14-18-21(27-19)16-26-23(28-18)17-12-10-9-11-13-17/h8-13,18-23H,1,14-16H2,2-7H3/t18-,19-,20+,21+,22+,23+,25+/m0/s1. The average molecular weight is 447 g/mol. The number of epoxide rings is 1. The highest BCUT2D eigenvalue weighted by atomic mass is 28.4. The van der Waals surface area contributed by atoms with Crippen molar-refractivity contribution >= 4 is 8.32 Å². The van der Waals surface area contributed by atoms with Gasteiger partial charge in [0.05, 0.1) is 31.0 Å². The van der Waals surface area contributed by atoms with E-state index in [2.05, 4.69) is 47.4 Å². The third-order valence-corrected chi connectivity index (χ3v) is 12.0. The third-order valence-electron chi connectivity index (χ3n) is 7.51. The van der Waals surface area contributed by atoms with Gasteiger partial charge in [-0.05, 0) is 25.1 Å². The van der Waals surface area contributed by atoms with E-state index in [4.69, 9.17) is 23.4 Å². The van der Waals surface area contributed by atoms with Gasteiger partial charge < -0.3 is 23.4 Å². The van der Waals surface area contributed by atoms with Crippen molar-refractivity contribution in [3.05, 3.63) is 48.6 Å². The summed E-state index contributed by atoms with van der Waals surface area (Å²) in [6, 6.07) is 10.1. The van der Waals surface area contributed by atoms with E-state index in [9.17, 15) is 0 Å². The molecule has 0 radical (unpaired) electrons. The lowest BCUT2D eigenvalue weighted by Gasteiger charge is -2.48. The second-order valence-corrected chi connectivity index (χ2v) is 15.6. The van der Waals surface area contributed by atoms with E-state index in [1.165, 1.54) is 0 Å². The van der Waals surface area contributed by atoms with Crippen LogP contribution in [0.3, 0.4) is 0 Å². The molecule has 1 aromatic carbocycles. The molecule has 0 unspecified atom stereocenters. The largest absolute Gasteiger partial charge is 0.411 e. The molecule has 6 heteroatoms. The lowest BCUT2D eigenvalue weighted by molar-refractivity contribution is -0.301. The predicted octanol–water partition coefficient (Wildman–Crippen LogP) is 5.38. The molecule has 172 valence electrons. The first-order valence-electron chi connectivity index (χ1n) is 11.5. The lowest BCUT2D eigenvalue weighted by Crippen LogP contribution is -2.57. The van der Waals surface area contributed by atoms with Crippen LogP contribution in [0.1, 0.15) is 52.4 Å². The minimum Gasteiger partial charge on any atom is -0.411 e. The monoisotopic (exact) mass is 446 g/mol. The number of benzene rings is 1. The molecular weight excluding hydrogens is 408 g/mol. The van der Waals surface area contributed by atoms with Crippen molar-refractivity contribution in [1.82, 2.24) is 0 Å². The Hall–Kier alpha value is -1.02. The van der Waals surface area contributed by atoms with Gasteiger partial charge in [0.2, 0.25) is 0 Å². The zero-order valence-corrected chi connectivity index (χ0v) is 20.8. The molecule has 5 nitrogen and oxygen atoms in total. The molecule has 3 aliphatic rings. The summed E-state index contributed by atoms with van der Waals surface area (Å²) >= 11 is 0. The lowest BCUT2D eigenvalue weighted by atomic mass is 9.92. The van der Waals surface area contributed by atoms with Gasteiger partial charge in [-0.3, -0.25) is 0 Å². The van der Waals surface area contributed by atoms with Gasteiger partial charge in [-0.1, -0.05) is 57.2 Å². The SMILES string of the molecule is C=C[C@@]1(C)O[C@@H]1C[C@@H]1O[C@@H]2CO[C@@H](c3ccccc3)O[C@H]2C[C@H]1O[Si](C)(C)C(C)(C)C. The Kier molecular flexibility index (Phi) is 6.27. The third kappa shape index (κ3) is 4.84. The Morgan fingerprint density at radius 2 is 1.87 bits per heavy atom. The summed E-state index contributed by atoms with van der Waals surface area (Å²) < 4.78 is 31.8. The van der Waals surface area contributed by atoms with Crippen LogP contribution in [-0.2, 0) is 23.4 Å². The zero-order valence-electron chi connectivity index (χ0n) is 19.8. The van der Waals surface area contributed by atoms with Crippen molar-refractivity contribution in [3.8, 4) is 0 Å². The Bertz CT molecular complexity index is 776. The second-order valence-electron chi connectivity index (χ2n) is 10.8. The van der Waals surface area contributed by atoms with Gasteiger partial charge in [0, 0.05) is 18.4 Å². The smallest absolute Gasteiger partial charge is 0.192 e. The summed E-state index contributed by atoms with van der Waals surface area (Å²) in [6.07, 6.45) is 3.08. The van der Waals surface area contributed by atoms with E-state index in [0.29, 0.717) is 6.61 Å². The number of ether oxygens (including phenoxy) is 4. The first-order valence-corrected chi connectivity index (χ1v) is 14.4. The summed E-state index contributed by atoms with van der Waals surface area (Å²) in [5.74, 6) is 0. The van der Waals surface area contributed by atoms with Crippen LogP contribution < -0.4 is 0 Å². The van der Waals surface area contributed by atoms with Crippen molar-refractivity contribution in [2.24, 2.45) is 0 Å². The molecule has 4 rings (SSSR count). The normalized spacial score (nSPS) is 38.4. The van der Waals surface area contributed by atoms with Crippen molar-refractivity contribution in [2.75, 3.05) is 6.61 Å². The quantitative estimate of drug-likeness (QED) is 0.333.